The second kappa shape index (κ2) is 7.40. The lowest BCUT2D eigenvalue weighted by Crippen LogP contribution is -2.44. The molecule has 2 atom stereocenters. The van der Waals surface area contributed by atoms with Gasteiger partial charge in [-0.25, -0.2) is 9.78 Å². The van der Waals surface area contributed by atoms with Gasteiger partial charge in [-0.05, 0) is 30.4 Å². The SMILES string of the molecule is C[C@@H]1C[C@H](C)CN(C(=O)COC(=O)c2cc(Cl)nc3ccccc23)C1. The minimum atomic E-state index is -0.563. The van der Waals surface area contributed by atoms with E-state index in [-0.39, 0.29) is 17.7 Å². The smallest absolute Gasteiger partial charge is 0.339 e. The predicted molar refractivity (Wildman–Crippen MR) is 96.6 cm³/mol. The molecule has 1 saturated heterocycles. The van der Waals surface area contributed by atoms with Gasteiger partial charge in [0.1, 0.15) is 5.15 Å². The standard InChI is InChI=1S/C19H21ClN2O3/c1-12-7-13(2)10-22(9-12)18(23)11-25-19(24)15-8-17(20)21-16-6-4-3-5-14(15)16/h3-6,8,12-13H,7,9-11H2,1-2H3/t12-,13+. The van der Waals surface area contributed by atoms with Gasteiger partial charge in [0, 0.05) is 18.5 Å². The zero-order chi connectivity index (χ0) is 18.0. The summed E-state index contributed by atoms with van der Waals surface area (Å²) in [6.45, 7) is 5.43. The van der Waals surface area contributed by atoms with E-state index in [1.807, 2.05) is 12.1 Å². The monoisotopic (exact) mass is 360 g/mol. The van der Waals surface area contributed by atoms with E-state index in [4.69, 9.17) is 16.3 Å². The lowest BCUT2D eigenvalue weighted by Gasteiger charge is -2.34. The van der Waals surface area contributed by atoms with Gasteiger partial charge in [-0.1, -0.05) is 43.6 Å². The average Bonchev–Trinajstić information content (AvgIpc) is 2.57. The lowest BCUT2D eigenvalue weighted by molar-refractivity contribution is -0.137. The van der Waals surface area contributed by atoms with E-state index < -0.39 is 5.97 Å². The molecule has 25 heavy (non-hydrogen) atoms. The number of hydrogen-bond donors (Lipinski definition) is 0. The molecule has 0 radical (unpaired) electrons. The van der Waals surface area contributed by atoms with Crippen LogP contribution in [0.15, 0.2) is 30.3 Å². The number of nitrogens with zero attached hydrogens (tertiary/aromatic N) is 2. The summed E-state index contributed by atoms with van der Waals surface area (Å²) in [5, 5.41) is 0.875. The molecule has 2 heterocycles. The number of aromatic nitrogens is 1. The van der Waals surface area contributed by atoms with Gasteiger partial charge in [-0.2, -0.15) is 0 Å². The van der Waals surface area contributed by atoms with Crippen molar-refractivity contribution in [1.29, 1.82) is 0 Å². The van der Waals surface area contributed by atoms with Crippen LogP contribution in [0.2, 0.25) is 5.15 Å². The molecule has 1 aliphatic rings. The summed E-state index contributed by atoms with van der Waals surface area (Å²) in [4.78, 5) is 30.8. The largest absolute Gasteiger partial charge is 0.452 e. The molecule has 0 saturated carbocycles. The molecule has 6 heteroatoms. The fraction of sp³-hybridized carbons (Fsp3) is 0.421. The number of likely N-dealkylation sites (tertiary alicyclic amines) is 1. The van der Waals surface area contributed by atoms with Crippen molar-refractivity contribution in [1.82, 2.24) is 9.88 Å². The van der Waals surface area contributed by atoms with Crippen molar-refractivity contribution >= 4 is 34.4 Å². The van der Waals surface area contributed by atoms with Gasteiger partial charge in [0.15, 0.2) is 6.61 Å². The van der Waals surface area contributed by atoms with Crippen LogP contribution in [0.25, 0.3) is 10.9 Å². The van der Waals surface area contributed by atoms with Crippen LogP contribution in [0.3, 0.4) is 0 Å². The molecular weight excluding hydrogens is 340 g/mol. The average molecular weight is 361 g/mol. The molecule has 3 rings (SSSR count). The van der Waals surface area contributed by atoms with Gasteiger partial charge in [-0.3, -0.25) is 4.79 Å². The van der Waals surface area contributed by atoms with Gasteiger partial charge in [-0.15, -0.1) is 0 Å². The summed E-state index contributed by atoms with van der Waals surface area (Å²) in [7, 11) is 0. The maximum absolute atomic E-state index is 12.4. The molecule has 132 valence electrons. The Morgan fingerprint density at radius 3 is 2.64 bits per heavy atom. The highest BCUT2D eigenvalue weighted by Crippen LogP contribution is 2.23. The highest BCUT2D eigenvalue weighted by atomic mass is 35.5. The summed E-state index contributed by atoms with van der Waals surface area (Å²) in [5.41, 5.74) is 0.940. The van der Waals surface area contributed by atoms with E-state index in [2.05, 4.69) is 18.8 Å². The number of benzene rings is 1. The topological polar surface area (TPSA) is 59.5 Å². The van der Waals surface area contributed by atoms with Crippen molar-refractivity contribution in [2.45, 2.75) is 20.3 Å². The third-order valence-corrected chi connectivity index (χ3v) is 4.65. The number of rotatable bonds is 3. The molecule has 1 aromatic heterocycles. The van der Waals surface area contributed by atoms with Crippen molar-refractivity contribution in [3.8, 4) is 0 Å². The van der Waals surface area contributed by atoms with Crippen LogP contribution in [0.5, 0.6) is 0 Å². The summed E-state index contributed by atoms with van der Waals surface area (Å²) in [5.74, 6) is 0.209. The first kappa shape index (κ1) is 17.7. The van der Waals surface area contributed by atoms with Crippen molar-refractivity contribution < 1.29 is 14.3 Å². The van der Waals surface area contributed by atoms with Crippen LogP contribution in [0.1, 0.15) is 30.6 Å². The number of carbonyl (C=O) groups excluding carboxylic acids is 2. The van der Waals surface area contributed by atoms with Gasteiger partial charge in [0.05, 0.1) is 11.1 Å². The molecule has 0 unspecified atom stereocenters. The summed E-state index contributed by atoms with van der Waals surface area (Å²) in [6, 6.07) is 8.67. The normalized spacial score (nSPS) is 20.5. The van der Waals surface area contributed by atoms with E-state index in [0.29, 0.717) is 41.4 Å². The number of halogens is 1. The number of piperidine rings is 1. The third-order valence-electron chi connectivity index (χ3n) is 4.45. The maximum atomic E-state index is 12.4. The number of fused-ring (bicyclic) bond motifs is 1. The van der Waals surface area contributed by atoms with Crippen LogP contribution in [-0.2, 0) is 9.53 Å². The number of pyridine rings is 1. The fourth-order valence-electron chi connectivity index (χ4n) is 3.47. The summed E-state index contributed by atoms with van der Waals surface area (Å²) in [6.07, 6.45) is 1.12. The van der Waals surface area contributed by atoms with Crippen LogP contribution in [0, 0.1) is 11.8 Å². The van der Waals surface area contributed by atoms with Crippen molar-refractivity contribution in [2.24, 2.45) is 11.8 Å². The van der Waals surface area contributed by atoms with Crippen LogP contribution < -0.4 is 0 Å². The number of esters is 1. The number of amides is 1. The Labute approximate surface area is 151 Å². The molecule has 1 amide bonds. The molecule has 0 bridgehead atoms. The number of ether oxygens (including phenoxy) is 1. The Balaban J connectivity index is 1.70. The minimum absolute atomic E-state index is 0.156. The second-order valence-corrected chi connectivity index (χ2v) is 7.22. The van der Waals surface area contributed by atoms with E-state index >= 15 is 0 Å². The zero-order valence-electron chi connectivity index (χ0n) is 14.4. The first-order chi connectivity index (χ1) is 11.9. The molecular formula is C19H21ClN2O3. The first-order valence-corrected chi connectivity index (χ1v) is 8.82. The van der Waals surface area contributed by atoms with E-state index in [1.165, 1.54) is 6.07 Å². The van der Waals surface area contributed by atoms with E-state index in [1.54, 1.807) is 17.0 Å². The van der Waals surface area contributed by atoms with Crippen molar-refractivity contribution in [2.75, 3.05) is 19.7 Å². The number of hydrogen-bond acceptors (Lipinski definition) is 4. The van der Waals surface area contributed by atoms with Gasteiger partial charge in [0.25, 0.3) is 5.91 Å². The molecule has 1 aromatic carbocycles. The Morgan fingerprint density at radius 2 is 1.92 bits per heavy atom. The lowest BCUT2D eigenvalue weighted by atomic mass is 9.92. The molecule has 1 fully saturated rings. The minimum Gasteiger partial charge on any atom is -0.452 e. The zero-order valence-corrected chi connectivity index (χ0v) is 15.1. The van der Waals surface area contributed by atoms with Crippen molar-refractivity contribution in [3.63, 3.8) is 0 Å². The van der Waals surface area contributed by atoms with Gasteiger partial charge >= 0.3 is 5.97 Å². The van der Waals surface area contributed by atoms with E-state index in [9.17, 15) is 9.59 Å². The Kier molecular flexibility index (Phi) is 5.23. The molecule has 1 aliphatic heterocycles. The summed E-state index contributed by atoms with van der Waals surface area (Å²) >= 11 is 5.99. The number of carbonyl (C=O) groups is 2. The second-order valence-electron chi connectivity index (χ2n) is 6.83. The van der Waals surface area contributed by atoms with Crippen molar-refractivity contribution in [3.05, 3.63) is 41.0 Å². The molecule has 0 N–H and O–H groups in total. The fourth-order valence-corrected chi connectivity index (χ4v) is 3.68. The predicted octanol–water partition coefficient (Wildman–Crippen LogP) is 3.55. The molecule has 0 spiro atoms. The molecule has 5 nitrogen and oxygen atoms in total. The Morgan fingerprint density at radius 1 is 1.24 bits per heavy atom. The van der Waals surface area contributed by atoms with Crippen LogP contribution in [-0.4, -0.2) is 41.5 Å². The van der Waals surface area contributed by atoms with Gasteiger partial charge < -0.3 is 9.64 Å². The first-order valence-electron chi connectivity index (χ1n) is 8.44. The van der Waals surface area contributed by atoms with Crippen LogP contribution >= 0.6 is 11.6 Å². The maximum Gasteiger partial charge on any atom is 0.339 e. The summed E-state index contributed by atoms with van der Waals surface area (Å²) < 4.78 is 5.26. The molecule has 2 aromatic rings. The van der Waals surface area contributed by atoms with Gasteiger partial charge in [0.2, 0.25) is 0 Å². The third kappa shape index (κ3) is 4.10. The number of para-hydroxylation sites is 1. The highest BCUT2D eigenvalue weighted by Gasteiger charge is 2.26. The Hall–Kier alpha value is -2.14. The van der Waals surface area contributed by atoms with Crippen LogP contribution in [0.4, 0.5) is 0 Å². The van der Waals surface area contributed by atoms with E-state index in [0.717, 1.165) is 6.42 Å². The quantitative estimate of drug-likeness (QED) is 0.620. The molecule has 0 aliphatic carbocycles. The highest BCUT2D eigenvalue weighted by molar-refractivity contribution is 6.30. The Bertz CT molecular complexity index is 798.